The molecule has 2 N–H and O–H groups in total. The van der Waals surface area contributed by atoms with Crippen molar-refractivity contribution in [1.29, 1.82) is 0 Å². The minimum Gasteiger partial charge on any atom is -0.347 e. The number of nitrogens with one attached hydrogen (secondary N) is 2. The number of hydrogen-bond donors (Lipinski definition) is 2. The molecule has 1 aromatic heterocycles. The molecule has 1 aliphatic rings. The summed E-state index contributed by atoms with van der Waals surface area (Å²) in [6.07, 6.45) is 2.95. The summed E-state index contributed by atoms with van der Waals surface area (Å²) < 4.78 is 2.89. The van der Waals surface area contributed by atoms with E-state index in [0.717, 1.165) is 36.2 Å². The van der Waals surface area contributed by atoms with Gasteiger partial charge in [-0.15, -0.1) is 0 Å². The van der Waals surface area contributed by atoms with Crippen LogP contribution in [0.25, 0.3) is 0 Å². The number of aryl methyl sites for hydroxylation is 1. The highest BCUT2D eigenvalue weighted by molar-refractivity contribution is 9.10. The summed E-state index contributed by atoms with van der Waals surface area (Å²) in [5.41, 5.74) is 0.723. The van der Waals surface area contributed by atoms with Crippen LogP contribution in [0.2, 0.25) is 0 Å². The molecule has 0 aliphatic carbocycles. The lowest BCUT2D eigenvalue weighted by atomic mass is 10.2. The molecule has 1 atom stereocenters. The Morgan fingerprint density at radius 2 is 2.56 bits per heavy atom. The third-order valence-corrected chi connectivity index (χ3v) is 3.27. The van der Waals surface area contributed by atoms with Gasteiger partial charge in [0.15, 0.2) is 0 Å². The molecule has 0 aromatic carbocycles. The Morgan fingerprint density at radius 3 is 3.19 bits per heavy atom. The van der Waals surface area contributed by atoms with E-state index in [1.54, 1.807) is 0 Å². The van der Waals surface area contributed by atoms with Crippen LogP contribution in [0.5, 0.6) is 0 Å². The van der Waals surface area contributed by atoms with E-state index in [9.17, 15) is 4.79 Å². The highest BCUT2D eigenvalue weighted by Gasteiger charge is 2.19. The van der Waals surface area contributed by atoms with Gasteiger partial charge in [0.2, 0.25) is 0 Å². The fourth-order valence-electron chi connectivity index (χ4n) is 1.96. The van der Waals surface area contributed by atoms with Crippen molar-refractivity contribution < 1.29 is 4.79 Å². The summed E-state index contributed by atoms with van der Waals surface area (Å²) in [7, 11) is 0. The van der Waals surface area contributed by atoms with E-state index < -0.39 is 0 Å². The maximum atomic E-state index is 12.0. The molecule has 0 spiro atoms. The summed E-state index contributed by atoms with van der Waals surface area (Å²) in [4.78, 5) is 12.0. The molecular weight excluding hydrogens is 270 g/mol. The van der Waals surface area contributed by atoms with E-state index >= 15 is 0 Å². The SMILES string of the molecule is CCn1cc(Br)cc1C(=O)N[C@H]1CCNC1. The summed E-state index contributed by atoms with van der Waals surface area (Å²) in [5.74, 6) is 0.0150. The minimum atomic E-state index is 0.0150. The highest BCUT2D eigenvalue weighted by atomic mass is 79.9. The van der Waals surface area contributed by atoms with E-state index in [4.69, 9.17) is 0 Å². The molecule has 1 aliphatic heterocycles. The molecule has 88 valence electrons. The van der Waals surface area contributed by atoms with E-state index in [0.29, 0.717) is 0 Å². The van der Waals surface area contributed by atoms with Crippen LogP contribution in [0, 0.1) is 0 Å². The molecule has 0 radical (unpaired) electrons. The number of amides is 1. The van der Waals surface area contributed by atoms with Crippen LogP contribution in [0.15, 0.2) is 16.7 Å². The lowest BCUT2D eigenvalue weighted by Crippen LogP contribution is -2.37. The summed E-state index contributed by atoms with van der Waals surface area (Å²) >= 11 is 3.39. The number of nitrogens with zero attached hydrogens (tertiary/aromatic N) is 1. The molecule has 1 aromatic rings. The van der Waals surface area contributed by atoms with E-state index in [2.05, 4.69) is 26.6 Å². The fraction of sp³-hybridized carbons (Fsp3) is 0.545. The van der Waals surface area contributed by atoms with E-state index in [-0.39, 0.29) is 11.9 Å². The zero-order valence-corrected chi connectivity index (χ0v) is 10.9. The van der Waals surface area contributed by atoms with Gasteiger partial charge in [-0.1, -0.05) is 0 Å². The summed E-state index contributed by atoms with van der Waals surface area (Å²) in [6, 6.07) is 2.13. The van der Waals surface area contributed by atoms with Gasteiger partial charge in [0.05, 0.1) is 0 Å². The molecule has 4 nitrogen and oxygen atoms in total. The summed E-state index contributed by atoms with van der Waals surface area (Å²) in [5, 5.41) is 6.27. The van der Waals surface area contributed by atoms with Crippen LogP contribution in [0.4, 0.5) is 0 Å². The maximum absolute atomic E-state index is 12.0. The number of carbonyl (C=O) groups is 1. The van der Waals surface area contributed by atoms with Crippen molar-refractivity contribution in [2.75, 3.05) is 13.1 Å². The molecule has 5 heteroatoms. The quantitative estimate of drug-likeness (QED) is 0.881. The second-order valence-corrected chi connectivity index (χ2v) is 4.91. The highest BCUT2D eigenvalue weighted by Crippen LogP contribution is 2.15. The smallest absolute Gasteiger partial charge is 0.268 e. The van der Waals surface area contributed by atoms with Crippen molar-refractivity contribution in [3.63, 3.8) is 0 Å². The Labute approximate surface area is 104 Å². The van der Waals surface area contributed by atoms with Gasteiger partial charge in [-0.25, -0.2) is 0 Å². The van der Waals surface area contributed by atoms with Crippen LogP contribution in [-0.2, 0) is 6.54 Å². The first kappa shape index (κ1) is 11.7. The molecule has 1 amide bonds. The molecule has 1 saturated heterocycles. The predicted octanol–water partition coefficient (Wildman–Crippen LogP) is 1.36. The van der Waals surface area contributed by atoms with Crippen molar-refractivity contribution in [3.8, 4) is 0 Å². The van der Waals surface area contributed by atoms with Crippen molar-refractivity contribution in [3.05, 3.63) is 22.4 Å². The van der Waals surface area contributed by atoms with Crippen molar-refractivity contribution in [2.24, 2.45) is 0 Å². The third kappa shape index (κ3) is 2.47. The zero-order chi connectivity index (χ0) is 11.5. The Balaban J connectivity index is 2.07. The Morgan fingerprint density at radius 1 is 1.75 bits per heavy atom. The molecule has 1 fully saturated rings. The van der Waals surface area contributed by atoms with Crippen LogP contribution < -0.4 is 10.6 Å². The van der Waals surface area contributed by atoms with Gasteiger partial charge >= 0.3 is 0 Å². The first-order valence-electron chi connectivity index (χ1n) is 5.58. The average Bonchev–Trinajstić information content (AvgIpc) is 2.86. The molecule has 16 heavy (non-hydrogen) atoms. The number of carbonyl (C=O) groups excluding carboxylic acids is 1. The predicted molar refractivity (Wildman–Crippen MR) is 66.5 cm³/mol. The monoisotopic (exact) mass is 285 g/mol. The van der Waals surface area contributed by atoms with Crippen molar-refractivity contribution in [1.82, 2.24) is 15.2 Å². The molecule has 0 bridgehead atoms. The van der Waals surface area contributed by atoms with E-state index in [1.807, 2.05) is 23.8 Å². The van der Waals surface area contributed by atoms with Crippen molar-refractivity contribution >= 4 is 21.8 Å². The van der Waals surface area contributed by atoms with Crippen LogP contribution >= 0.6 is 15.9 Å². The largest absolute Gasteiger partial charge is 0.347 e. The average molecular weight is 286 g/mol. The second-order valence-electron chi connectivity index (χ2n) is 3.99. The van der Waals surface area contributed by atoms with Crippen LogP contribution in [-0.4, -0.2) is 29.6 Å². The van der Waals surface area contributed by atoms with Gasteiger partial charge in [-0.05, 0) is 41.9 Å². The normalized spacial score (nSPS) is 20.0. The van der Waals surface area contributed by atoms with Crippen molar-refractivity contribution in [2.45, 2.75) is 25.9 Å². The first-order chi connectivity index (χ1) is 7.70. The number of aromatic nitrogens is 1. The first-order valence-corrected chi connectivity index (χ1v) is 6.37. The summed E-state index contributed by atoms with van der Waals surface area (Å²) in [6.45, 7) is 4.70. The lowest BCUT2D eigenvalue weighted by Gasteiger charge is -2.12. The molecule has 2 rings (SSSR count). The fourth-order valence-corrected chi connectivity index (χ4v) is 2.43. The van der Waals surface area contributed by atoms with E-state index in [1.165, 1.54) is 0 Å². The topological polar surface area (TPSA) is 46.1 Å². The maximum Gasteiger partial charge on any atom is 0.268 e. The van der Waals surface area contributed by atoms with Gasteiger partial charge in [0, 0.05) is 29.8 Å². The molecule has 2 heterocycles. The number of halogens is 1. The van der Waals surface area contributed by atoms with Gasteiger partial charge < -0.3 is 15.2 Å². The third-order valence-electron chi connectivity index (χ3n) is 2.83. The standard InChI is InChI=1S/C11H16BrN3O/c1-2-15-7-8(12)5-10(15)11(16)14-9-3-4-13-6-9/h5,7,9,13H,2-4,6H2,1H3,(H,14,16)/t9-/m0/s1. The number of hydrogen-bond acceptors (Lipinski definition) is 2. The molecule has 0 saturated carbocycles. The Bertz CT molecular complexity index is 383. The molecule has 0 unspecified atom stereocenters. The zero-order valence-electron chi connectivity index (χ0n) is 9.29. The minimum absolute atomic E-state index is 0.0150. The van der Waals surface area contributed by atoms with Crippen LogP contribution in [0.1, 0.15) is 23.8 Å². The van der Waals surface area contributed by atoms with Crippen LogP contribution in [0.3, 0.4) is 0 Å². The van der Waals surface area contributed by atoms with Gasteiger partial charge in [0.25, 0.3) is 5.91 Å². The number of rotatable bonds is 3. The molecular formula is C11H16BrN3O. The lowest BCUT2D eigenvalue weighted by molar-refractivity contribution is 0.0931. The van der Waals surface area contributed by atoms with Gasteiger partial charge in [-0.2, -0.15) is 0 Å². The second kappa shape index (κ2) is 5.01. The van der Waals surface area contributed by atoms with Gasteiger partial charge in [-0.3, -0.25) is 4.79 Å². The van der Waals surface area contributed by atoms with Gasteiger partial charge in [0.1, 0.15) is 5.69 Å². The Hall–Kier alpha value is -0.810. The Kier molecular flexibility index (Phi) is 3.66.